The number of carbonyl (C=O) groups excluding carboxylic acids is 1. The smallest absolute Gasteiger partial charge is 0.397 e. The van der Waals surface area contributed by atoms with E-state index in [1.165, 1.54) is 12.4 Å². The maximum atomic E-state index is 11.3. The molecule has 2 aromatic heterocycles. The van der Waals surface area contributed by atoms with Crippen LogP contribution in [-0.2, 0) is 4.74 Å². The minimum absolute atomic E-state index is 0.193. The van der Waals surface area contributed by atoms with Crippen molar-refractivity contribution in [3.63, 3.8) is 0 Å². The molecule has 0 atom stereocenters. The molecule has 0 aliphatic carbocycles. The van der Waals surface area contributed by atoms with Crippen molar-refractivity contribution in [1.29, 1.82) is 0 Å². The number of hydrogen-bond donors (Lipinski definition) is 0. The van der Waals surface area contributed by atoms with E-state index in [-0.39, 0.29) is 18.3 Å². The zero-order chi connectivity index (χ0) is 12.3. The van der Waals surface area contributed by atoms with E-state index in [0.717, 1.165) is 0 Å². The van der Waals surface area contributed by atoms with Crippen LogP contribution in [0, 0.1) is 0 Å². The average molecular weight is 254 g/mol. The predicted octanol–water partition coefficient (Wildman–Crippen LogP) is 1.96. The molecule has 17 heavy (non-hydrogen) atoms. The van der Waals surface area contributed by atoms with Crippen LogP contribution in [0.25, 0.3) is 11.4 Å². The van der Waals surface area contributed by atoms with Gasteiger partial charge in [-0.25, -0.2) is 4.79 Å². The van der Waals surface area contributed by atoms with Gasteiger partial charge in [0.15, 0.2) is 0 Å². The van der Waals surface area contributed by atoms with Gasteiger partial charge in [-0.15, -0.1) is 0 Å². The van der Waals surface area contributed by atoms with E-state index < -0.39 is 5.97 Å². The fourth-order valence-electron chi connectivity index (χ4n) is 1.15. The van der Waals surface area contributed by atoms with Gasteiger partial charge in [-0.1, -0.05) is 16.8 Å². The zero-order valence-electron chi connectivity index (χ0n) is 8.88. The first kappa shape index (κ1) is 11.5. The lowest BCUT2D eigenvalue weighted by atomic mass is 10.3. The van der Waals surface area contributed by atoms with Crippen molar-refractivity contribution in [3.05, 3.63) is 29.4 Å². The molecule has 0 N–H and O–H groups in total. The van der Waals surface area contributed by atoms with E-state index in [1.54, 1.807) is 13.0 Å². The Morgan fingerprint density at radius 1 is 1.53 bits per heavy atom. The molecule has 0 aromatic carbocycles. The highest BCUT2D eigenvalue weighted by Crippen LogP contribution is 2.18. The van der Waals surface area contributed by atoms with Gasteiger partial charge in [0.25, 0.3) is 0 Å². The second kappa shape index (κ2) is 4.92. The second-order valence-corrected chi connectivity index (χ2v) is 3.47. The van der Waals surface area contributed by atoms with Gasteiger partial charge in [0.05, 0.1) is 11.6 Å². The molecule has 0 spiro atoms. The molecule has 0 unspecified atom stereocenters. The molecule has 0 fully saturated rings. The summed E-state index contributed by atoms with van der Waals surface area (Å²) in [6, 6.07) is 1.62. The number of halogens is 1. The number of nitrogens with zero attached hydrogens (tertiary/aromatic N) is 3. The summed E-state index contributed by atoms with van der Waals surface area (Å²) < 4.78 is 9.49. The molecule has 0 saturated heterocycles. The van der Waals surface area contributed by atoms with E-state index >= 15 is 0 Å². The predicted molar refractivity (Wildman–Crippen MR) is 58.5 cm³/mol. The maximum absolute atomic E-state index is 11.3. The molecule has 0 aliphatic rings. The molecule has 0 amide bonds. The standard InChI is InChI=1S/C10H8ClN3O3/c1-2-16-10(15)9-13-8(14-17-9)6-3-7(11)5-12-4-6/h3-5H,2H2,1H3. The third-order valence-electron chi connectivity index (χ3n) is 1.84. The van der Waals surface area contributed by atoms with Crippen molar-refractivity contribution < 1.29 is 14.1 Å². The fourth-order valence-corrected chi connectivity index (χ4v) is 1.32. The Kier molecular flexibility index (Phi) is 3.34. The van der Waals surface area contributed by atoms with Gasteiger partial charge in [-0.05, 0) is 13.0 Å². The number of aromatic nitrogens is 3. The maximum Gasteiger partial charge on any atom is 0.397 e. The van der Waals surface area contributed by atoms with Crippen LogP contribution < -0.4 is 0 Å². The molecule has 0 saturated carbocycles. The normalized spacial score (nSPS) is 10.2. The van der Waals surface area contributed by atoms with Crippen molar-refractivity contribution in [3.8, 4) is 11.4 Å². The first-order valence-corrected chi connectivity index (χ1v) is 5.20. The molecular weight excluding hydrogens is 246 g/mol. The summed E-state index contributed by atoms with van der Waals surface area (Å²) in [5, 5.41) is 4.09. The van der Waals surface area contributed by atoms with E-state index in [1.807, 2.05) is 0 Å². The van der Waals surface area contributed by atoms with Crippen LogP contribution in [0.5, 0.6) is 0 Å². The molecule has 0 bridgehead atoms. The van der Waals surface area contributed by atoms with Crippen LogP contribution in [0.4, 0.5) is 0 Å². The molecule has 2 rings (SSSR count). The summed E-state index contributed by atoms with van der Waals surface area (Å²) in [6.07, 6.45) is 3.00. The Balaban J connectivity index is 2.27. The number of esters is 1. The summed E-state index contributed by atoms with van der Waals surface area (Å²) in [5.74, 6) is -0.605. The summed E-state index contributed by atoms with van der Waals surface area (Å²) in [7, 11) is 0. The van der Waals surface area contributed by atoms with Crippen LogP contribution in [0.2, 0.25) is 5.02 Å². The number of ether oxygens (including phenoxy) is 1. The molecule has 0 aliphatic heterocycles. The van der Waals surface area contributed by atoms with Crippen molar-refractivity contribution in [2.45, 2.75) is 6.92 Å². The summed E-state index contributed by atoms with van der Waals surface area (Å²) in [5.41, 5.74) is 0.566. The lowest BCUT2D eigenvalue weighted by Crippen LogP contribution is -2.04. The van der Waals surface area contributed by atoms with Crippen LogP contribution in [-0.4, -0.2) is 27.7 Å². The van der Waals surface area contributed by atoms with Crippen LogP contribution >= 0.6 is 11.6 Å². The Morgan fingerprint density at radius 3 is 3.06 bits per heavy atom. The lowest BCUT2D eigenvalue weighted by molar-refractivity contribution is 0.0470. The highest BCUT2D eigenvalue weighted by molar-refractivity contribution is 6.30. The van der Waals surface area contributed by atoms with E-state index in [2.05, 4.69) is 15.1 Å². The first-order chi connectivity index (χ1) is 8.20. The molecule has 0 radical (unpaired) electrons. The number of hydrogen-bond acceptors (Lipinski definition) is 6. The molecule has 7 heteroatoms. The first-order valence-electron chi connectivity index (χ1n) is 4.82. The highest BCUT2D eigenvalue weighted by Gasteiger charge is 2.17. The van der Waals surface area contributed by atoms with Gasteiger partial charge in [0, 0.05) is 18.0 Å². The van der Waals surface area contributed by atoms with Gasteiger partial charge in [-0.2, -0.15) is 4.98 Å². The number of rotatable bonds is 3. The quantitative estimate of drug-likeness (QED) is 0.778. The summed E-state index contributed by atoms with van der Waals surface area (Å²) >= 11 is 5.77. The van der Waals surface area contributed by atoms with E-state index in [9.17, 15) is 4.79 Å². The van der Waals surface area contributed by atoms with Crippen LogP contribution in [0.15, 0.2) is 23.0 Å². The van der Waals surface area contributed by atoms with Crippen molar-refractivity contribution in [2.75, 3.05) is 6.61 Å². The lowest BCUT2D eigenvalue weighted by Gasteiger charge is -1.94. The van der Waals surface area contributed by atoms with Crippen molar-refractivity contribution in [2.24, 2.45) is 0 Å². The van der Waals surface area contributed by atoms with E-state index in [0.29, 0.717) is 10.6 Å². The molecular formula is C10H8ClN3O3. The topological polar surface area (TPSA) is 78.1 Å². The Bertz CT molecular complexity index is 541. The number of pyridine rings is 1. The SMILES string of the molecule is CCOC(=O)c1nc(-c2cncc(Cl)c2)no1. The Labute approximate surface area is 102 Å². The third-order valence-corrected chi connectivity index (χ3v) is 2.05. The zero-order valence-corrected chi connectivity index (χ0v) is 9.64. The van der Waals surface area contributed by atoms with Crippen LogP contribution in [0.3, 0.4) is 0 Å². The minimum Gasteiger partial charge on any atom is -0.459 e. The Hall–Kier alpha value is -1.95. The summed E-state index contributed by atoms with van der Waals surface area (Å²) in [4.78, 5) is 19.1. The number of carbonyl (C=O) groups is 1. The monoisotopic (exact) mass is 253 g/mol. The van der Waals surface area contributed by atoms with Gasteiger partial charge >= 0.3 is 11.9 Å². The van der Waals surface area contributed by atoms with Gasteiger partial charge in [0.1, 0.15) is 0 Å². The van der Waals surface area contributed by atoms with E-state index in [4.69, 9.17) is 20.9 Å². The Morgan fingerprint density at radius 2 is 2.35 bits per heavy atom. The minimum atomic E-state index is -0.652. The molecule has 6 nitrogen and oxygen atoms in total. The van der Waals surface area contributed by atoms with Crippen LogP contribution in [0.1, 0.15) is 17.6 Å². The van der Waals surface area contributed by atoms with Gasteiger partial charge < -0.3 is 9.26 Å². The fraction of sp³-hybridized carbons (Fsp3) is 0.200. The van der Waals surface area contributed by atoms with Gasteiger partial charge in [0.2, 0.25) is 5.82 Å². The van der Waals surface area contributed by atoms with Gasteiger partial charge in [-0.3, -0.25) is 4.98 Å². The largest absolute Gasteiger partial charge is 0.459 e. The highest BCUT2D eigenvalue weighted by atomic mass is 35.5. The average Bonchev–Trinajstić information content (AvgIpc) is 2.78. The molecule has 2 aromatic rings. The third kappa shape index (κ3) is 2.59. The molecule has 2 heterocycles. The second-order valence-electron chi connectivity index (χ2n) is 3.04. The van der Waals surface area contributed by atoms with Crippen molar-refractivity contribution in [1.82, 2.24) is 15.1 Å². The summed E-state index contributed by atoms with van der Waals surface area (Å²) in [6.45, 7) is 1.94. The molecule has 88 valence electrons. The van der Waals surface area contributed by atoms with Crippen molar-refractivity contribution >= 4 is 17.6 Å².